The molecule has 0 atom stereocenters. The zero-order valence-electron chi connectivity index (χ0n) is 20.1. The van der Waals surface area contributed by atoms with Crippen molar-refractivity contribution in [3.05, 3.63) is 102 Å². The van der Waals surface area contributed by atoms with Gasteiger partial charge in [-0.25, -0.2) is 0 Å². The fraction of sp³-hybridized carbons (Fsp3) is 0.0800. The smallest absolute Gasteiger partial charge is 0.0702 e. The molecule has 0 fully saturated rings. The van der Waals surface area contributed by atoms with Gasteiger partial charge in [0.05, 0.1) is 5.69 Å². The molecule has 0 spiro atoms. The summed E-state index contributed by atoms with van der Waals surface area (Å²) in [6.45, 7) is -4.49. The molecule has 0 amide bonds. The summed E-state index contributed by atoms with van der Waals surface area (Å²) in [7, 11) is 0. The van der Waals surface area contributed by atoms with Crippen molar-refractivity contribution in [2.45, 2.75) is 13.7 Å². The Labute approximate surface area is 163 Å². The maximum atomic E-state index is 7.97. The lowest BCUT2D eigenvalue weighted by molar-refractivity contribution is 1.27. The van der Waals surface area contributed by atoms with E-state index in [9.17, 15) is 0 Å². The van der Waals surface area contributed by atoms with Crippen LogP contribution in [0.5, 0.6) is 0 Å². The molecule has 0 aliphatic rings. The highest BCUT2D eigenvalue weighted by Crippen LogP contribution is 2.30. The molecule has 1 heteroatoms. The maximum absolute atomic E-state index is 7.97. The van der Waals surface area contributed by atoms with E-state index in [2.05, 4.69) is 4.98 Å². The Kier molecular flexibility index (Phi) is 2.87. The standard InChI is InChI=1S/C25H21N/c1-18-8-15-25(26-17-18)23-10-9-19(2)24(16-23)22-13-11-21(12-14-22)20-6-4-3-5-7-20/h3-17H,1-2H3/i1D3,2D3. The third kappa shape index (κ3) is 3.29. The number of aryl methyl sites for hydroxylation is 2. The van der Waals surface area contributed by atoms with Crippen LogP contribution in [0.25, 0.3) is 33.5 Å². The Morgan fingerprint density at radius 2 is 1.38 bits per heavy atom. The van der Waals surface area contributed by atoms with Crippen molar-refractivity contribution in [3.8, 4) is 33.5 Å². The molecular weight excluding hydrogens is 314 g/mol. The molecule has 0 N–H and O–H groups in total. The third-order valence-corrected chi connectivity index (χ3v) is 4.38. The van der Waals surface area contributed by atoms with E-state index < -0.39 is 13.7 Å². The molecule has 4 rings (SSSR count). The highest BCUT2D eigenvalue weighted by atomic mass is 14.7. The molecule has 0 saturated heterocycles. The lowest BCUT2D eigenvalue weighted by Crippen LogP contribution is -1.88. The van der Waals surface area contributed by atoms with Gasteiger partial charge in [-0.15, -0.1) is 0 Å². The molecule has 1 heterocycles. The van der Waals surface area contributed by atoms with Gasteiger partial charge in [-0.3, -0.25) is 4.98 Å². The van der Waals surface area contributed by atoms with Crippen molar-refractivity contribution in [2.75, 3.05) is 0 Å². The topological polar surface area (TPSA) is 12.9 Å². The van der Waals surface area contributed by atoms with Crippen LogP contribution in [0, 0.1) is 13.7 Å². The Balaban J connectivity index is 1.76. The second kappa shape index (κ2) is 6.97. The molecule has 0 aliphatic heterocycles. The molecule has 0 saturated carbocycles. The maximum Gasteiger partial charge on any atom is 0.0702 e. The van der Waals surface area contributed by atoms with Gasteiger partial charge in [-0.05, 0) is 59.2 Å². The van der Waals surface area contributed by atoms with Crippen molar-refractivity contribution >= 4 is 0 Å². The first kappa shape index (κ1) is 10.7. The second-order valence-electron chi connectivity index (χ2n) is 6.14. The number of pyridine rings is 1. The van der Waals surface area contributed by atoms with Crippen LogP contribution < -0.4 is 0 Å². The SMILES string of the molecule is [2H]C([2H])([2H])c1ccc(-c2ccc(C([2H])([2H])[2H])c(-c3ccc(-c4ccccc4)cc3)c2)nc1. The zero-order valence-corrected chi connectivity index (χ0v) is 14.1. The monoisotopic (exact) mass is 341 g/mol. The van der Waals surface area contributed by atoms with E-state index in [0.717, 1.165) is 22.3 Å². The van der Waals surface area contributed by atoms with E-state index >= 15 is 0 Å². The minimum atomic E-state index is -2.27. The van der Waals surface area contributed by atoms with Crippen LogP contribution in [0.15, 0.2) is 91.1 Å². The zero-order chi connectivity index (χ0) is 22.9. The van der Waals surface area contributed by atoms with Crippen LogP contribution in [-0.4, -0.2) is 4.98 Å². The normalized spacial score (nSPS) is 15.1. The number of nitrogens with zero attached hydrogens (tertiary/aromatic N) is 1. The van der Waals surface area contributed by atoms with E-state index in [4.69, 9.17) is 8.22 Å². The lowest BCUT2D eigenvalue weighted by Gasteiger charge is -2.10. The summed E-state index contributed by atoms with van der Waals surface area (Å²) in [5.74, 6) is 0. The molecule has 3 aromatic carbocycles. The average molecular weight is 341 g/mol. The third-order valence-electron chi connectivity index (χ3n) is 4.38. The minimum Gasteiger partial charge on any atom is -0.256 e. The lowest BCUT2D eigenvalue weighted by atomic mass is 9.95. The van der Waals surface area contributed by atoms with E-state index in [1.54, 1.807) is 24.3 Å². The van der Waals surface area contributed by atoms with Gasteiger partial charge < -0.3 is 0 Å². The molecule has 1 nitrogen and oxygen atoms in total. The van der Waals surface area contributed by atoms with Crippen LogP contribution in [0.2, 0.25) is 0 Å². The summed E-state index contributed by atoms with van der Waals surface area (Å²) in [6, 6.07) is 26.0. The van der Waals surface area contributed by atoms with Crippen LogP contribution >= 0.6 is 0 Å². The summed E-state index contributed by atoms with van der Waals surface area (Å²) in [5, 5.41) is 0. The van der Waals surface area contributed by atoms with Gasteiger partial charge in [0, 0.05) is 20.0 Å². The molecular formula is C25H21N. The number of benzene rings is 3. The van der Waals surface area contributed by atoms with E-state index in [-0.39, 0.29) is 11.1 Å². The van der Waals surface area contributed by atoms with Gasteiger partial charge in [-0.2, -0.15) is 0 Å². The van der Waals surface area contributed by atoms with Gasteiger partial charge in [0.15, 0.2) is 0 Å². The van der Waals surface area contributed by atoms with Crippen molar-refractivity contribution in [1.29, 1.82) is 0 Å². The summed E-state index contributed by atoms with van der Waals surface area (Å²) in [6.07, 6.45) is 1.34. The highest BCUT2D eigenvalue weighted by molar-refractivity contribution is 5.76. The summed E-state index contributed by atoms with van der Waals surface area (Å²) < 4.78 is 46.4. The molecule has 0 bridgehead atoms. The largest absolute Gasteiger partial charge is 0.256 e. The fourth-order valence-corrected chi connectivity index (χ4v) is 2.98. The molecule has 0 unspecified atom stereocenters. The van der Waals surface area contributed by atoms with Crippen molar-refractivity contribution in [3.63, 3.8) is 0 Å². The number of hydrogen-bond donors (Lipinski definition) is 0. The van der Waals surface area contributed by atoms with E-state index in [1.165, 1.54) is 12.3 Å². The van der Waals surface area contributed by atoms with Crippen molar-refractivity contribution < 1.29 is 8.22 Å². The predicted molar refractivity (Wildman–Crippen MR) is 110 cm³/mol. The predicted octanol–water partition coefficient (Wildman–Crippen LogP) is 6.70. The Hall–Kier alpha value is -3.19. The van der Waals surface area contributed by atoms with E-state index in [0.29, 0.717) is 11.3 Å². The minimum absolute atomic E-state index is 0.164. The second-order valence-corrected chi connectivity index (χ2v) is 6.14. The van der Waals surface area contributed by atoms with Crippen molar-refractivity contribution in [1.82, 2.24) is 4.98 Å². The average Bonchev–Trinajstić information content (AvgIpc) is 2.78. The molecule has 126 valence electrons. The number of aromatic nitrogens is 1. The van der Waals surface area contributed by atoms with E-state index in [1.807, 2.05) is 54.6 Å². The number of rotatable bonds is 3. The quantitative estimate of drug-likeness (QED) is 0.404. The summed E-state index contributed by atoms with van der Waals surface area (Å²) in [4.78, 5) is 4.30. The van der Waals surface area contributed by atoms with Gasteiger partial charge in [0.2, 0.25) is 0 Å². The first-order valence-corrected chi connectivity index (χ1v) is 8.40. The van der Waals surface area contributed by atoms with Gasteiger partial charge in [-0.1, -0.05) is 72.8 Å². The Bertz CT molecular complexity index is 1210. The molecule has 1 aromatic heterocycles. The molecule has 4 aromatic rings. The first-order valence-electron chi connectivity index (χ1n) is 11.4. The first-order chi connectivity index (χ1) is 15.1. The Morgan fingerprint density at radius 1 is 0.654 bits per heavy atom. The van der Waals surface area contributed by atoms with Crippen molar-refractivity contribution in [2.24, 2.45) is 0 Å². The summed E-state index contributed by atoms with van der Waals surface area (Å²) in [5.41, 5.74) is 5.24. The highest BCUT2D eigenvalue weighted by Gasteiger charge is 2.07. The van der Waals surface area contributed by atoms with Crippen LogP contribution in [0.4, 0.5) is 0 Å². The summed E-state index contributed by atoms with van der Waals surface area (Å²) >= 11 is 0. The van der Waals surface area contributed by atoms with Crippen LogP contribution in [0.3, 0.4) is 0 Å². The van der Waals surface area contributed by atoms with Gasteiger partial charge in [0.25, 0.3) is 0 Å². The van der Waals surface area contributed by atoms with Gasteiger partial charge in [0.1, 0.15) is 0 Å². The van der Waals surface area contributed by atoms with Gasteiger partial charge >= 0.3 is 0 Å². The fourth-order valence-electron chi connectivity index (χ4n) is 2.98. The molecule has 0 aliphatic carbocycles. The number of hydrogen-bond acceptors (Lipinski definition) is 1. The van der Waals surface area contributed by atoms with Crippen LogP contribution in [-0.2, 0) is 0 Å². The molecule has 26 heavy (non-hydrogen) atoms. The van der Waals surface area contributed by atoms with Crippen LogP contribution in [0.1, 0.15) is 19.4 Å². The molecule has 0 radical (unpaired) electrons. The Morgan fingerprint density at radius 3 is 2.08 bits per heavy atom.